The number of hydrogen-bond acceptors (Lipinski definition) is 0. The molecule has 0 aliphatic rings. The predicted molar refractivity (Wildman–Crippen MR) is 18.0 cm³/mol. The van der Waals surface area contributed by atoms with Crippen LogP contribution in [0.2, 0.25) is 0 Å². The van der Waals surface area contributed by atoms with Crippen molar-refractivity contribution in [2.45, 2.75) is 7.43 Å². The summed E-state index contributed by atoms with van der Waals surface area (Å²) in [6, 6.07) is 0. The monoisotopic (exact) mass is 83.0 g/mol. The Morgan fingerprint density at radius 3 is 1.75 bits per heavy atom. The summed E-state index contributed by atoms with van der Waals surface area (Å²) in [5.41, 5.74) is 0. The molecule has 0 aromatic carbocycles. The van der Waals surface area contributed by atoms with Gasteiger partial charge in [-0.15, -0.1) is 0 Å². The Kier molecular flexibility index (Phi) is 23.7. The molecule has 27 valence electrons. The second-order valence-corrected chi connectivity index (χ2v) is 0.247. The molecule has 0 aliphatic carbocycles. The third kappa shape index (κ3) is 68.3. The normalized spacial score (nSPS) is 4.50. The van der Waals surface area contributed by atoms with Crippen LogP contribution in [0.1, 0.15) is 7.43 Å². The summed E-state index contributed by atoms with van der Waals surface area (Å²) in [5.74, 6) is 0. The minimum absolute atomic E-state index is 0. The summed E-state index contributed by atoms with van der Waals surface area (Å²) in [7, 11) is 0. The van der Waals surface area contributed by atoms with Crippen LogP contribution in [0.15, 0.2) is 0 Å². The van der Waals surface area contributed by atoms with Crippen molar-refractivity contribution >= 4 is 11.6 Å². The highest BCUT2D eigenvalue weighted by Gasteiger charge is 1.46. The Morgan fingerprint density at radius 2 is 1.75 bits per heavy atom. The molecule has 0 bridgehead atoms. The molecule has 0 nitrogen and oxygen atoms in total. The van der Waals surface area contributed by atoms with E-state index in [4.69, 9.17) is 0 Å². The quantitative estimate of drug-likeness (QED) is 0.420. The third-order valence-electron chi connectivity index (χ3n) is 0. The van der Waals surface area contributed by atoms with Crippen molar-refractivity contribution in [2.24, 2.45) is 0 Å². The maximum atomic E-state index is 9.93. The van der Waals surface area contributed by atoms with Gasteiger partial charge in [-0.3, -0.25) is 0 Å². The largest absolute Gasteiger partial charge is 0.225 e. The molecule has 4 heavy (non-hydrogen) atoms. The first-order valence-corrected chi connectivity index (χ1v) is 0.873. The van der Waals surface area contributed by atoms with Gasteiger partial charge in [-0.1, -0.05) is 19.0 Å². The van der Waals surface area contributed by atoms with Crippen molar-refractivity contribution in [3.63, 3.8) is 0 Å². The van der Waals surface area contributed by atoms with Crippen molar-refractivity contribution in [1.29, 1.82) is 0 Å². The predicted octanol–water partition coefficient (Wildman–Crippen LogP) is 1.95. The first-order valence-electron chi connectivity index (χ1n) is 0.436. The second kappa shape index (κ2) is 10.7. The van der Waals surface area contributed by atoms with Gasteiger partial charge < -0.3 is 0 Å². The Bertz CT molecular complexity index is 6.00. The fourth-order valence-corrected chi connectivity index (χ4v) is 0. The zero-order valence-electron chi connectivity index (χ0n) is 1.33. The fraction of sp³-hybridized carbons (Fsp3) is 0.500. The SMILES string of the molecule is C.F[CH]Cl. The number of rotatable bonds is 0. The lowest BCUT2D eigenvalue weighted by Gasteiger charge is -1.40. The highest BCUT2D eigenvalue weighted by molar-refractivity contribution is 6.21. The summed E-state index contributed by atoms with van der Waals surface area (Å²) in [6.07, 6.45) is -0.0278. The lowest BCUT2D eigenvalue weighted by atomic mass is 11.8. The zero-order valence-corrected chi connectivity index (χ0v) is 2.09. The molecular weight excluding hydrogens is 78.5 g/mol. The van der Waals surface area contributed by atoms with Crippen molar-refractivity contribution in [3.8, 4) is 0 Å². The lowest BCUT2D eigenvalue weighted by Crippen LogP contribution is -1.12. The van der Waals surface area contributed by atoms with E-state index in [-0.39, 0.29) is 13.6 Å². The Hall–Kier alpha value is 0.220. The van der Waals surface area contributed by atoms with Crippen LogP contribution >= 0.6 is 11.6 Å². The van der Waals surface area contributed by atoms with Crippen LogP contribution in [0.25, 0.3) is 0 Å². The maximum Gasteiger partial charge on any atom is 0.218 e. The van der Waals surface area contributed by atoms with Gasteiger partial charge in [0.05, 0.1) is 0 Å². The smallest absolute Gasteiger partial charge is 0.218 e. The molecule has 0 aromatic heterocycles. The number of hydrogen-bond donors (Lipinski definition) is 0. The van der Waals surface area contributed by atoms with E-state index in [0.29, 0.717) is 0 Å². The maximum absolute atomic E-state index is 9.93. The average molecular weight is 83.5 g/mol. The Labute approximate surface area is 30.6 Å². The van der Waals surface area contributed by atoms with Crippen LogP contribution in [0.5, 0.6) is 0 Å². The molecule has 0 fully saturated rings. The van der Waals surface area contributed by atoms with E-state index in [1.54, 1.807) is 0 Å². The highest BCUT2D eigenvalue weighted by atomic mass is 35.5. The van der Waals surface area contributed by atoms with Crippen LogP contribution < -0.4 is 0 Å². The number of halogens is 2. The molecule has 0 atom stereocenters. The van der Waals surface area contributed by atoms with Gasteiger partial charge in [0.25, 0.3) is 0 Å². The van der Waals surface area contributed by atoms with E-state index in [1.165, 1.54) is 0 Å². The minimum Gasteiger partial charge on any atom is -0.225 e. The van der Waals surface area contributed by atoms with Gasteiger partial charge in [0.15, 0.2) is 0 Å². The molecule has 0 heterocycles. The standard InChI is InChI=1S/CHClF.CH4/c2-1-3;/h1H;1H4. The molecule has 0 unspecified atom stereocenters. The van der Waals surface area contributed by atoms with Gasteiger partial charge in [-0.05, 0) is 0 Å². The highest BCUT2D eigenvalue weighted by Crippen LogP contribution is 1.76. The van der Waals surface area contributed by atoms with Crippen LogP contribution in [0, 0.1) is 6.13 Å². The van der Waals surface area contributed by atoms with E-state index in [1.807, 2.05) is 0 Å². The molecule has 1 radical (unpaired) electrons. The van der Waals surface area contributed by atoms with Crippen LogP contribution in [0.4, 0.5) is 4.39 Å². The summed E-state index contributed by atoms with van der Waals surface area (Å²) in [5, 5.41) is 0. The summed E-state index contributed by atoms with van der Waals surface area (Å²) >= 11 is 4.21. The first kappa shape index (κ1) is 8.88. The molecule has 0 N–H and O–H groups in total. The van der Waals surface area contributed by atoms with E-state index < -0.39 is 0 Å². The van der Waals surface area contributed by atoms with Crippen molar-refractivity contribution < 1.29 is 4.39 Å². The second-order valence-electron chi connectivity index (χ2n) is 0.0825. The molecule has 0 amide bonds. The summed E-state index contributed by atoms with van der Waals surface area (Å²) in [6.45, 7) is 0. The van der Waals surface area contributed by atoms with Gasteiger partial charge in [0.2, 0.25) is 6.13 Å². The molecule has 0 spiro atoms. The van der Waals surface area contributed by atoms with E-state index in [2.05, 4.69) is 11.6 Å². The minimum atomic E-state index is -0.0278. The van der Waals surface area contributed by atoms with Gasteiger partial charge in [0.1, 0.15) is 0 Å². The van der Waals surface area contributed by atoms with Crippen LogP contribution in [-0.2, 0) is 0 Å². The molecule has 0 aromatic rings. The summed E-state index contributed by atoms with van der Waals surface area (Å²) in [4.78, 5) is 0. The average Bonchev–Trinajstić information content (AvgIpc) is 0.918. The van der Waals surface area contributed by atoms with Crippen molar-refractivity contribution in [2.75, 3.05) is 0 Å². The van der Waals surface area contributed by atoms with Gasteiger partial charge in [0, 0.05) is 0 Å². The third-order valence-corrected chi connectivity index (χ3v) is 0. The molecule has 0 saturated carbocycles. The van der Waals surface area contributed by atoms with Gasteiger partial charge in [-0.2, -0.15) is 0 Å². The Morgan fingerprint density at radius 1 is 1.75 bits per heavy atom. The first-order chi connectivity index (χ1) is 1.41. The molecule has 0 rings (SSSR count). The molecular formula is C2H5ClF. The molecule has 2 heteroatoms. The van der Waals surface area contributed by atoms with Gasteiger partial charge in [-0.25, -0.2) is 4.39 Å². The molecule has 0 saturated heterocycles. The fourth-order valence-electron chi connectivity index (χ4n) is 0. The lowest BCUT2D eigenvalue weighted by molar-refractivity contribution is 0.685. The van der Waals surface area contributed by atoms with Crippen LogP contribution in [-0.4, -0.2) is 0 Å². The summed E-state index contributed by atoms with van der Waals surface area (Å²) < 4.78 is 9.93. The van der Waals surface area contributed by atoms with Crippen molar-refractivity contribution in [3.05, 3.63) is 6.13 Å². The molecule has 0 aliphatic heterocycles. The van der Waals surface area contributed by atoms with Crippen molar-refractivity contribution in [1.82, 2.24) is 0 Å². The van der Waals surface area contributed by atoms with E-state index in [9.17, 15) is 4.39 Å². The topological polar surface area (TPSA) is 0 Å². The van der Waals surface area contributed by atoms with Gasteiger partial charge >= 0.3 is 0 Å². The zero-order chi connectivity index (χ0) is 2.71. The van der Waals surface area contributed by atoms with E-state index >= 15 is 0 Å². The van der Waals surface area contributed by atoms with Crippen LogP contribution in [0.3, 0.4) is 0 Å². The Balaban J connectivity index is 0. The van der Waals surface area contributed by atoms with E-state index in [0.717, 1.165) is 0 Å².